The maximum Gasteiger partial charge on any atom is 0.243 e. The van der Waals surface area contributed by atoms with Gasteiger partial charge in [-0.05, 0) is 49.7 Å². The number of benzene rings is 1. The highest BCUT2D eigenvalue weighted by Crippen LogP contribution is 2.20. The van der Waals surface area contributed by atoms with Crippen LogP contribution in [0.5, 0.6) is 0 Å². The molecule has 7 nitrogen and oxygen atoms in total. The fourth-order valence-electron chi connectivity index (χ4n) is 3.90. The van der Waals surface area contributed by atoms with E-state index in [4.69, 9.17) is 5.73 Å². The third-order valence-corrected chi connectivity index (χ3v) is 6.68. The first kappa shape index (κ1) is 26.2. The van der Waals surface area contributed by atoms with Crippen LogP contribution >= 0.6 is 11.8 Å². The van der Waals surface area contributed by atoms with Crippen molar-refractivity contribution < 1.29 is 14.4 Å². The molecule has 4 N–H and O–H groups in total. The molecule has 0 aromatic heterocycles. The summed E-state index contributed by atoms with van der Waals surface area (Å²) in [6.45, 7) is 6.83. The quantitative estimate of drug-likeness (QED) is 0.495. The van der Waals surface area contributed by atoms with Crippen molar-refractivity contribution in [1.29, 1.82) is 0 Å². The molecule has 32 heavy (non-hydrogen) atoms. The smallest absolute Gasteiger partial charge is 0.243 e. The Morgan fingerprint density at radius 2 is 1.72 bits per heavy atom. The van der Waals surface area contributed by atoms with E-state index < -0.39 is 12.1 Å². The fraction of sp³-hybridized carbons (Fsp3) is 0.625. The number of thioether (sulfide) groups is 1. The molecule has 1 aliphatic rings. The second kappa shape index (κ2) is 12.8. The molecule has 1 aliphatic heterocycles. The lowest BCUT2D eigenvalue weighted by atomic mass is 9.93. The second-order valence-corrected chi connectivity index (χ2v) is 9.84. The average Bonchev–Trinajstić information content (AvgIpc) is 2.80. The number of nitrogens with one attached hydrogen (secondary N) is 2. The topological polar surface area (TPSA) is 105 Å². The van der Waals surface area contributed by atoms with Gasteiger partial charge in [-0.1, -0.05) is 44.2 Å². The van der Waals surface area contributed by atoms with Crippen molar-refractivity contribution >= 4 is 29.5 Å². The fourth-order valence-corrected chi connectivity index (χ4v) is 4.39. The Labute approximate surface area is 196 Å². The van der Waals surface area contributed by atoms with Gasteiger partial charge in [0, 0.05) is 19.0 Å². The van der Waals surface area contributed by atoms with Crippen molar-refractivity contribution in [1.82, 2.24) is 15.5 Å². The summed E-state index contributed by atoms with van der Waals surface area (Å²) in [5.41, 5.74) is 7.03. The third kappa shape index (κ3) is 7.52. The van der Waals surface area contributed by atoms with Gasteiger partial charge in [0.25, 0.3) is 0 Å². The number of hydrogen-bond acceptors (Lipinski definition) is 5. The third-order valence-electron chi connectivity index (χ3n) is 6.03. The molecule has 0 radical (unpaired) electrons. The number of likely N-dealkylation sites (tertiary alicyclic amines) is 1. The van der Waals surface area contributed by atoms with E-state index in [0.29, 0.717) is 32.4 Å². The van der Waals surface area contributed by atoms with Crippen LogP contribution in [0.3, 0.4) is 0 Å². The number of carbonyl (C=O) groups excluding carboxylic acids is 3. The van der Waals surface area contributed by atoms with Crippen LogP contribution in [0.15, 0.2) is 30.3 Å². The zero-order valence-corrected chi connectivity index (χ0v) is 20.5. The molecule has 1 unspecified atom stereocenters. The van der Waals surface area contributed by atoms with Gasteiger partial charge in [0.05, 0.1) is 12.1 Å². The summed E-state index contributed by atoms with van der Waals surface area (Å²) in [5, 5.41) is 5.97. The molecule has 3 atom stereocenters. The molecule has 1 saturated heterocycles. The standard InChI is InChI=1S/C24H38N4O3S/c1-16(2)21(23(30)26-17(3)18-8-6-5-7-9-18)27-22(29)19-10-13-28(14-11-19)24(31)20(25)12-15-32-4/h5-9,16-17,19-21H,10-15,25H2,1-4H3,(H,26,30)(H,27,29)/t17?,20-,21+/m0/s1. The molecule has 0 bridgehead atoms. The van der Waals surface area contributed by atoms with Crippen LogP contribution in [0.2, 0.25) is 0 Å². The van der Waals surface area contributed by atoms with Crippen molar-refractivity contribution in [3.63, 3.8) is 0 Å². The summed E-state index contributed by atoms with van der Waals surface area (Å²) in [6, 6.07) is 8.52. The summed E-state index contributed by atoms with van der Waals surface area (Å²) in [6.07, 6.45) is 3.82. The van der Waals surface area contributed by atoms with Crippen molar-refractivity contribution in [3.8, 4) is 0 Å². The monoisotopic (exact) mass is 462 g/mol. The lowest BCUT2D eigenvalue weighted by Gasteiger charge is -2.34. The zero-order chi connectivity index (χ0) is 23.7. The van der Waals surface area contributed by atoms with Crippen molar-refractivity contribution in [2.75, 3.05) is 25.1 Å². The Morgan fingerprint density at radius 3 is 2.28 bits per heavy atom. The van der Waals surface area contributed by atoms with Crippen molar-refractivity contribution in [3.05, 3.63) is 35.9 Å². The van der Waals surface area contributed by atoms with Gasteiger partial charge in [-0.2, -0.15) is 11.8 Å². The van der Waals surface area contributed by atoms with E-state index in [9.17, 15) is 14.4 Å². The van der Waals surface area contributed by atoms with Crippen LogP contribution in [0.4, 0.5) is 0 Å². The Hall–Kier alpha value is -2.06. The van der Waals surface area contributed by atoms with Crippen LogP contribution in [-0.2, 0) is 14.4 Å². The van der Waals surface area contributed by atoms with Gasteiger partial charge in [0.2, 0.25) is 17.7 Å². The molecule has 1 aromatic carbocycles. The minimum absolute atomic E-state index is 0.0350. The molecule has 8 heteroatoms. The zero-order valence-electron chi connectivity index (χ0n) is 19.7. The summed E-state index contributed by atoms with van der Waals surface area (Å²) >= 11 is 1.67. The number of nitrogens with two attached hydrogens (primary N) is 1. The molecule has 178 valence electrons. The highest BCUT2D eigenvalue weighted by Gasteiger charge is 2.32. The number of amides is 3. The van der Waals surface area contributed by atoms with E-state index in [1.165, 1.54) is 0 Å². The SMILES string of the molecule is CSCC[C@H](N)C(=O)N1CCC(C(=O)N[C@@H](C(=O)NC(C)c2ccccc2)C(C)C)CC1. The van der Waals surface area contributed by atoms with Gasteiger partial charge in [-0.15, -0.1) is 0 Å². The summed E-state index contributed by atoms with van der Waals surface area (Å²) in [4.78, 5) is 40.1. The van der Waals surface area contributed by atoms with Crippen LogP contribution < -0.4 is 16.4 Å². The minimum Gasteiger partial charge on any atom is -0.348 e. The minimum atomic E-state index is -0.603. The second-order valence-electron chi connectivity index (χ2n) is 8.86. The number of carbonyl (C=O) groups is 3. The van der Waals surface area contributed by atoms with E-state index >= 15 is 0 Å². The van der Waals surface area contributed by atoms with E-state index in [0.717, 1.165) is 11.3 Å². The predicted octanol–water partition coefficient (Wildman–Crippen LogP) is 2.32. The molecule has 2 rings (SSSR count). The Kier molecular flexibility index (Phi) is 10.5. The van der Waals surface area contributed by atoms with Gasteiger partial charge >= 0.3 is 0 Å². The molecular formula is C24H38N4O3S. The number of hydrogen-bond donors (Lipinski definition) is 3. The Bertz CT molecular complexity index is 751. The van der Waals surface area contributed by atoms with Crippen LogP contribution in [0.1, 0.15) is 51.6 Å². The van der Waals surface area contributed by atoms with E-state index in [2.05, 4.69) is 10.6 Å². The number of rotatable bonds is 10. The van der Waals surface area contributed by atoms with Gasteiger partial charge in [0.1, 0.15) is 6.04 Å². The largest absolute Gasteiger partial charge is 0.348 e. The number of nitrogens with zero attached hydrogens (tertiary/aromatic N) is 1. The van der Waals surface area contributed by atoms with Crippen molar-refractivity contribution in [2.24, 2.45) is 17.6 Å². The summed E-state index contributed by atoms with van der Waals surface area (Å²) in [7, 11) is 0. The Morgan fingerprint density at radius 1 is 1.09 bits per heavy atom. The molecule has 1 heterocycles. The lowest BCUT2D eigenvalue weighted by molar-refractivity contribution is -0.137. The van der Waals surface area contributed by atoms with E-state index in [1.54, 1.807) is 16.7 Å². The molecule has 3 amide bonds. The van der Waals surface area contributed by atoms with Gasteiger partial charge in [-0.3, -0.25) is 14.4 Å². The maximum absolute atomic E-state index is 12.9. The highest BCUT2D eigenvalue weighted by molar-refractivity contribution is 7.98. The molecule has 0 saturated carbocycles. The summed E-state index contributed by atoms with van der Waals surface area (Å²) < 4.78 is 0. The first-order valence-corrected chi connectivity index (χ1v) is 12.8. The normalized spacial score (nSPS) is 17.5. The first-order valence-electron chi connectivity index (χ1n) is 11.4. The summed E-state index contributed by atoms with van der Waals surface area (Å²) in [5.74, 6) is 0.266. The van der Waals surface area contributed by atoms with Crippen LogP contribution in [-0.4, -0.2) is 59.8 Å². The molecular weight excluding hydrogens is 424 g/mol. The van der Waals surface area contributed by atoms with Gasteiger partial charge in [0.15, 0.2) is 0 Å². The molecule has 0 aliphatic carbocycles. The Balaban J connectivity index is 1.88. The molecule has 0 spiro atoms. The average molecular weight is 463 g/mol. The maximum atomic E-state index is 12.9. The van der Waals surface area contributed by atoms with Gasteiger partial charge in [-0.25, -0.2) is 0 Å². The van der Waals surface area contributed by atoms with Crippen LogP contribution in [0, 0.1) is 11.8 Å². The highest BCUT2D eigenvalue weighted by atomic mass is 32.2. The van der Waals surface area contributed by atoms with Crippen LogP contribution in [0.25, 0.3) is 0 Å². The van der Waals surface area contributed by atoms with Gasteiger partial charge < -0.3 is 21.3 Å². The molecule has 1 aromatic rings. The number of piperidine rings is 1. The van der Waals surface area contributed by atoms with E-state index in [1.807, 2.05) is 57.4 Å². The lowest BCUT2D eigenvalue weighted by Crippen LogP contribution is -2.53. The first-order chi connectivity index (χ1) is 15.2. The van der Waals surface area contributed by atoms with Crippen molar-refractivity contribution in [2.45, 2.75) is 58.2 Å². The predicted molar refractivity (Wildman–Crippen MR) is 130 cm³/mol. The van der Waals surface area contributed by atoms with E-state index in [-0.39, 0.29) is 35.6 Å². The molecule has 1 fully saturated rings.